The number of fused-ring (bicyclic) bond motifs is 5. The molecule has 0 aliphatic carbocycles. The smallest absolute Gasteiger partial charge is 0.262 e. The van der Waals surface area contributed by atoms with Gasteiger partial charge in [-0.2, -0.15) is 0 Å². The van der Waals surface area contributed by atoms with Crippen molar-refractivity contribution in [3.63, 3.8) is 0 Å². The van der Waals surface area contributed by atoms with Gasteiger partial charge in [0.25, 0.3) is 29.5 Å². The molecule has 5 heterocycles. The molecule has 0 aliphatic rings. The molecule has 15 aromatic rings. The Labute approximate surface area is 768 Å². The normalized spacial score (nSPS) is 11.0. The summed E-state index contributed by atoms with van der Waals surface area (Å²) in [4.78, 5) is 123. The van der Waals surface area contributed by atoms with E-state index in [4.69, 9.17) is 77.0 Å². The second kappa shape index (κ2) is 43.2. The first-order valence-electron chi connectivity index (χ1n) is 40.5. The lowest BCUT2D eigenvalue weighted by Crippen LogP contribution is -2.30. The predicted octanol–water partition coefficient (Wildman–Crippen LogP) is 21.3. The zero-order chi connectivity index (χ0) is 93.4. The number of hydrogen-bond donors (Lipinski definition) is 1. The van der Waals surface area contributed by atoms with Crippen molar-refractivity contribution in [2.24, 2.45) is 0 Å². The topological polar surface area (TPSA) is 278 Å². The number of halogens is 6. The molecule has 0 spiro atoms. The van der Waals surface area contributed by atoms with Crippen LogP contribution < -0.4 is 23.7 Å². The van der Waals surface area contributed by atoms with Gasteiger partial charge in [-0.05, 0) is 300 Å². The Morgan fingerprint density at radius 1 is 0.364 bits per heavy atom. The zero-order valence-electron chi connectivity index (χ0n) is 72.2. The summed E-state index contributed by atoms with van der Waals surface area (Å²) in [6.45, 7) is 10.2. The molecular formula is C100H90Cl5FN6O16S. The van der Waals surface area contributed by atoms with E-state index < -0.39 is 21.7 Å². The van der Waals surface area contributed by atoms with Crippen LogP contribution in [0.5, 0.6) is 23.0 Å². The van der Waals surface area contributed by atoms with Gasteiger partial charge in [0, 0.05) is 136 Å². The van der Waals surface area contributed by atoms with Gasteiger partial charge in [0.2, 0.25) is 15.9 Å². The zero-order valence-corrected chi connectivity index (χ0v) is 76.8. The minimum atomic E-state index is -3.68. The Hall–Kier alpha value is -13.1. The van der Waals surface area contributed by atoms with Crippen LogP contribution in [0.3, 0.4) is 0 Å². The number of methoxy groups -OCH3 is 4. The number of sulfonamides is 1. The number of Topliss-reactive ketones (excluding diaryl/α,β-unsaturated/α-hetero) is 4. The van der Waals surface area contributed by atoms with E-state index in [2.05, 4.69) is 0 Å². The lowest BCUT2D eigenvalue weighted by atomic mass is 10.0. The Morgan fingerprint density at radius 2 is 0.674 bits per heavy atom. The lowest BCUT2D eigenvalue weighted by Gasteiger charge is -2.11. The van der Waals surface area contributed by atoms with Crippen LogP contribution >= 0.6 is 58.0 Å². The van der Waals surface area contributed by atoms with Gasteiger partial charge in [0.15, 0.2) is 0 Å². The Bertz CT molecular complexity index is 6930. The van der Waals surface area contributed by atoms with Gasteiger partial charge in [0.05, 0.1) is 68.7 Å². The number of aryl methyl sites for hydroxylation is 2. The number of aromatic nitrogens is 5. The molecule has 1 amide bonds. The van der Waals surface area contributed by atoms with E-state index in [9.17, 15) is 60.8 Å². The lowest BCUT2D eigenvalue weighted by molar-refractivity contribution is -0.119. The third kappa shape index (κ3) is 23.8. The number of ether oxygens (including phenoxy) is 4. The first-order chi connectivity index (χ1) is 61.5. The van der Waals surface area contributed by atoms with Crippen LogP contribution in [-0.4, -0.2) is 125 Å². The van der Waals surface area contributed by atoms with Crippen LogP contribution in [0, 0.1) is 12.7 Å². The van der Waals surface area contributed by atoms with Crippen molar-refractivity contribution in [2.45, 2.75) is 99.3 Å². The number of nitrogens with zero attached hydrogens (tertiary/aromatic N) is 5. The molecule has 5 aromatic heterocycles. The first kappa shape index (κ1) is 96.6. The Morgan fingerprint density at radius 3 is 1.02 bits per heavy atom. The van der Waals surface area contributed by atoms with Crippen molar-refractivity contribution in [3.05, 3.63) is 329 Å². The molecule has 0 aliphatic heterocycles. The minimum Gasteiger partial charge on any atom is -0.497 e. The van der Waals surface area contributed by atoms with Crippen molar-refractivity contribution < 1.29 is 79.7 Å². The van der Waals surface area contributed by atoms with E-state index >= 15 is 0 Å². The molecule has 0 unspecified atom stereocenters. The van der Waals surface area contributed by atoms with Crippen molar-refractivity contribution in [1.29, 1.82) is 0 Å². The summed E-state index contributed by atoms with van der Waals surface area (Å²) in [5, 5.41) is 6.77. The van der Waals surface area contributed by atoms with Crippen LogP contribution in [0.15, 0.2) is 231 Å². The molecule has 22 nitrogen and oxygen atoms in total. The quantitative estimate of drug-likeness (QED) is 0.0588. The third-order valence-corrected chi connectivity index (χ3v) is 22.9. The average molecular weight is 1860 g/mol. The Balaban J connectivity index is 0.000000156. The number of hydrogen-bond acceptors (Lipinski definition) is 16. The largest absolute Gasteiger partial charge is 0.497 e. The highest BCUT2D eigenvalue weighted by molar-refractivity contribution is 7.89. The van der Waals surface area contributed by atoms with E-state index in [-0.39, 0.29) is 71.9 Å². The summed E-state index contributed by atoms with van der Waals surface area (Å²) in [6, 6.07) is 59.7. The van der Waals surface area contributed by atoms with Crippen LogP contribution in [0.4, 0.5) is 4.39 Å². The highest BCUT2D eigenvalue weighted by atomic mass is 35.5. The van der Waals surface area contributed by atoms with E-state index in [0.717, 1.165) is 78.5 Å². The molecule has 1 N–H and O–H groups in total. The number of ketones is 4. The number of benzene rings is 10. The third-order valence-electron chi connectivity index (χ3n) is 21.0. The second-order valence-corrected chi connectivity index (χ2v) is 34.3. The van der Waals surface area contributed by atoms with Gasteiger partial charge in [-0.3, -0.25) is 65.9 Å². The van der Waals surface area contributed by atoms with Crippen molar-refractivity contribution in [3.8, 4) is 23.0 Å². The van der Waals surface area contributed by atoms with Crippen LogP contribution in [0.25, 0.3) is 54.5 Å². The predicted molar refractivity (Wildman–Crippen MR) is 504 cm³/mol. The second-order valence-electron chi connectivity index (χ2n) is 30.3. The standard InChI is InChI=1S/2C22H22ClNO3.C19H17ClN2O5S.C19H16ClNO3.C18H13ClFNO2/c1-14(25)5-4-6-20-15(2)19-13-18(27-3)11-12-21(19)24(20)22(26)16-7-9-17(23)10-8-16;1-4-20-18(11-5-14(2)25)19-13-17(27-3)10-12-21(19)24(20)22(26)15-6-8-16(23)9-7-15;1-27-15-7-8-17-16(10-15)13(9-18(23)21-28(2,25)26)11-22(17)19(24)12-3-5-14(20)6-4-12;1-12(22)9-14-11-21(18-8-7-16(24-2)10-17(14)18)19(23)13-3-5-15(20)6-4-13;1-11(22)8-13-10-21(17-7-6-15(20)9-16(13)17)18(23)12-2-4-14(19)5-3-12/h7-13H,4-6H2,1-3H3;6-10,12-13H,4-5,11H2,1-3H3;3-8,10-11H,9H2,1-2H3,(H,21,23);3-8,10-11H,9H2,1-2H3;2-7,9-10H,8H2,1H3. The van der Waals surface area contributed by atoms with Crippen molar-refractivity contribution >= 4 is 181 Å². The highest BCUT2D eigenvalue weighted by Gasteiger charge is 2.27. The van der Waals surface area contributed by atoms with Crippen LogP contribution in [0.2, 0.25) is 25.1 Å². The fourth-order valence-electron chi connectivity index (χ4n) is 14.9. The average Bonchev–Trinajstić information content (AvgIpc) is 1.60. The SMILES string of the molecule is CC(=O)Cc1cn(C(=O)c2ccc(Cl)cc2)c2ccc(F)cc12.CCc1c(CCC(C)=O)c2cc(OC)ccc2n1C(=O)c1ccc(Cl)cc1.COc1ccc2c(c1)c(C)c(CCCC(C)=O)n2C(=O)c1ccc(Cl)cc1.COc1ccc2c(c1)c(CC(=O)NS(C)(=O)=O)cn2C(=O)c1ccc(Cl)cc1.COc1ccc2c(c1)c(CC(C)=O)cn2C(=O)c1ccc(Cl)cc1. The maximum Gasteiger partial charge on any atom is 0.262 e. The monoisotopic (exact) mass is 1860 g/mol. The van der Waals surface area contributed by atoms with Crippen molar-refractivity contribution in [2.75, 3.05) is 34.7 Å². The molecule has 0 atom stereocenters. The summed E-state index contributed by atoms with van der Waals surface area (Å²) >= 11 is 29.5. The first-order valence-corrected chi connectivity index (χ1v) is 44.3. The summed E-state index contributed by atoms with van der Waals surface area (Å²) < 4.78 is 67.2. The molecule has 10 aromatic carbocycles. The molecule has 15 rings (SSSR count). The highest BCUT2D eigenvalue weighted by Crippen LogP contribution is 2.36. The molecule has 0 saturated heterocycles. The molecule has 129 heavy (non-hydrogen) atoms. The Kier molecular flexibility index (Phi) is 32.3. The number of rotatable bonds is 24. The number of carbonyl (C=O) groups is 10. The van der Waals surface area contributed by atoms with Crippen LogP contribution in [0.1, 0.15) is 145 Å². The summed E-state index contributed by atoms with van der Waals surface area (Å²) in [5.41, 5.74) is 12.0. The van der Waals surface area contributed by atoms with Gasteiger partial charge >= 0.3 is 0 Å². The molecule has 0 fully saturated rings. The number of carbonyl (C=O) groups excluding carboxylic acids is 10. The minimum absolute atomic E-state index is 0.0378. The molecule has 664 valence electrons. The molecule has 29 heteroatoms. The fraction of sp³-hybridized carbons (Fsp3) is 0.200. The van der Waals surface area contributed by atoms with E-state index in [1.54, 1.807) is 213 Å². The summed E-state index contributed by atoms with van der Waals surface area (Å²) in [5.74, 6) is 0.948. The fourth-order valence-corrected chi connectivity index (χ4v) is 16.1. The number of nitrogens with one attached hydrogen (secondary N) is 1. The maximum atomic E-state index is 13.5. The van der Waals surface area contributed by atoms with Gasteiger partial charge in [0.1, 0.15) is 51.9 Å². The molecular weight excluding hydrogens is 1770 g/mol. The molecule has 0 bridgehead atoms. The van der Waals surface area contributed by atoms with E-state index in [0.29, 0.717) is 136 Å². The maximum absolute atomic E-state index is 13.5. The number of amides is 1. The van der Waals surface area contributed by atoms with Gasteiger partial charge in [-0.1, -0.05) is 64.9 Å². The molecule has 0 radical (unpaired) electrons. The van der Waals surface area contributed by atoms with Gasteiger partial charge in [-0.15, -0.1) is 0 Å². The molecule has 0 saturated carbocycles. The van der Waals surface area contributed by atoms with Gasteiger partial charge in [-0.25, -0.2) is 12.8 Å². The van der Waals surface area contributed by atoms with Crippen molar-refractivity contribution in [1.82, 2.24) is 27.6 Å². The van der Waals surface area contributed by atoms with Crippen LogP contribution in [-0.2, 0) is 72.5 Å². The van der Waals surface area contributed by atoms with E-state index in [1.165, 1.54) is 48.4 Å². The van der Waals surface area contributed by atoms with Gasteiger partial charge < -0.3 is 28.5 Å². The summed E-state index contributed by atoms with van der Waals surface area (Å²) in [6.07, 6.45) is 9.56. The summed E-state index contributed by atoms with van der Waals surface area (Å²) in [7, 11) is 2.66. The van der Waals surface area contributed by atoms with E-state index in [1.807, 2.05) is 67.1 Å².